The molecular formula is C13H21N. The Labute approximate surface area is 88.1 Å². The smallest absolute Gasteiger partial charge is 0.103 e. The molecular weight excluding hydrogens is 170 g/mol. The third-order valence-corrected chi connectivity index (χ3v) is 2.38. The number of allylic oxidation sites excluding steroid dienone is 1. The van der Waals surface area contributed by atoms with Gasteiger partial charge in [0.1, 0.15) is 6.07 Å². The molecule has 0 amide bonds. The highest BCUT2D eigenvalue weighted by atomic mass is 14.2. The fourth-order valence-corrected chi connectivity index (χ4v) is 1.44. The van der Waals surface area contributed by atoms with E-state index in [4.69, 9.17) is 5.26 Å². The van der Waals surface area contributed by atoms with E-state index in [1.807, 2.05) is 0 Å². The van der Waals surface area contributed by atoms with Crippen LogP contribution in [0.5, 0.6) is 0 Å². The maximum Gasteiger partial charge on any atom is 0.103 e. The molecule has 14 heavy (non-hydrogen) atoms. The summed E-state index contributed by atoms with van der Waals surface area (Å²) in [4.78, 5) is 0. The summed E-state index contributed by atoms with van der Waals surface area (Å²) in [5.74, 6) is 0. The average molecular weight is 191 g/mol. The van der Waals surface area contributed by atoms with Crippen molar-refractivity contribution >= 4 is 0 Å². The van der Waals surface area contributed by atoms with Crippen LogP contribution in [-0.2, 0) is 0 Å². The van der Waals surface area contributed by atoms with Gasteiger partial charge in [-0.05, 0) is 12.8 Å². The summed E-state index contributed by atoms with van der Waals surface area (Å²) in [7, 11) is 0. The number of hydrogen-bond donors (Lipinski definition) is 0. The Morgan fingerprint density at radius 3 is 2.14 bits per heavy atom. The fraction of sp³-hybridized carbons (Fsp3) is 0.692. The largest absolute Gasteiger partial charge is 0.192 e. The molecule has 1 nitrogen and oxygen atoms in total. The van der Waals surface area contributed by atoms with Gasteiger partial charge in [0.2, 0.25) is 0 Å². The first-order valence-electron chi connectivity index (χ1n) is 5.64. The van der Waals surface area contributed by atoms with E-state index in [1.54, 1.807) is 0 Å². The molecule has 0 atom stereocenters. The van der Waals surface area contributed by atoms with Gasteiger partial charge < -0.3 is 0 Å². The Bertz CT molecular complexity index is 216. The lowest BCUT2D eigenvalue weighted by atomic mass is 10.1. The van der Waals surface area contributed by atoms with Gasteiger partial charge in [0.15, 0.2) is 0 Å². The van der Waals surface area contributed by atoms with Crippen LogP contribution in [-0.4, -0.2) is 0 Å². The lowest BCUT2D eigenvalue weighted by Gasteiger charge is -1.99. The first-order chi connectivity index (χ1) is 6.85. The van der Waals surface area contributed by atoms with Gasteiger partial charge in [-0.3, -0.25) is 0 Å². The van der Waals surface area contributed by atoms with Crippen molar-refractivity contribution in [2.45, 2.75) is 58.3 Å². The van der Waals surface area contributed by atoms with E-state index in [0.29, 0.717) is 5.57 Å². The van der Waals surface area contributed by atoms with E-state index in [0.717, 1.165) is 12.8 Å². The predicted octanol–water partition coefficient (Wildman–Crippen LogP) is 4.36. The molecule has 0 bridgehead atoms. The Kier molecular flexibility index (Phi) is 9.38. The maximum absolute atomic E-state index is 8.61. The van der Waals surface area contributed by atoms with Crippen LogP contribution in [0.4, 0.5) is 0 Å². The van der Waals surface area contributed by atoms with Gasteiger partial charge in [0.05, 0.1) is 5.57 Å². The van der Waals surface area contributed by atoms with E-state index in [9.17, 15) is 0 Å². The molecule has 0 heterocycles. The van der Waals surface area contributed by atoms with Crippen molar-refractivity contribution in [3.63, 3.8) is 0 Å². The van der Waals surface area contributed by atoms with Crippen LogP contribution < -0.4 is 0 Å². The Balaban J connectivity index is 3.22. The summed E-state index contributed by atoms with van der Waals surface area (Å²) in [5, 5.41) is 8.61. The van der Waals surface area contributed by atoms with Gasteiger partial charge in [0, 0.05) is 0 Å². The average Bonchev–Trinajstić information content (AvgIpc) is 2.22. The van der Waals surface area contributed by atoms with E-state index in [-0.39, 0.29) is 0 Å². The van der Waals surface area contributed by atoms with Crippen molar-refractivity contribution in [1.82, 2.24) is 0 Å². The molecule has 0 aliphatic rings. The summed E-state index contributed by atoms with van der Waals surface area (Å²) in [6, 6.07) is 2.11. The monoisotopic (exact) mass is 191 g/mol. The van der Waals surface area contributed by atoms with E-state index in [1.165, 1.54) is 38.5 Å². The molecule has 0 N–H and O–H groups in total. The highest BCUT2D eigenvalue weighted by Gasteiger charge is 1.94. The number of nitriles is 1. The lowest BCUT2D eigenvalue weighted by Crippen LogP contribution is -1.82. The molecule has 0 unspecified atom stereocenters. The standard InChI is InChI=1S/C13H21N/c1-3-5-6-7-8-9-10-11-13(4-2)12-14/h2-3,5-11H2,1H3. The molecule has 0 radical (unpaired) electrons. The first-order valence-corrected chi connectivity index (χ1v) is 5.64. The van der Waals surface area contributed by atoms with Crippen LogP contribution >= 0.6 is 0 Å². The molecule has 0 aromatic heterocycles. The first kappa shape index (κ1) is 13.0. The molecule has 78 valence electrons. The van der Waals surface area contributed by atoms with Crippen molar-refractivity contribution in [2.24, 2.45) is 0 Å². The van der Waals surface area contributed by atoms with Crippen molar-refractivity contribution in [3.8, 4) is 6.07 Å². The zero-order chi connectivity index (χ0) is 10.6. The van der Waals surface area contributed by atoms with Gasteiger partial charge in [-0.1, -0.05) is 52.0 Å². The Hall–Kier alpha value is -0.990. The normalized spacial score (nSPS) is 9.14. The molecule has 0 aliphatic carbocycles. The van der Waals surface area contributed by atoms with Crippen LogP contribution in [0.2, 0.25) is 0 Å². The highest BCUT2D eigenvalue weighted by molar-refractivity contribution is 5.18. The van der Waals surface area contributed by atoms with Crippen molar-refractivity contribution < 1.29 is 0 Å². The number of unbranched alkanes of at least 4 members (excludes halogenated alkanes) is 6. The van der Waals surface area contributed by atoms with Gasteiger partial charge >= 0.3 is 0 Å². The van der Waals surface area contributed by atoms with Crippen LogP contribution in [0.1, 0.15) is 58.3 Å². The Morgan fingerprint density at radius 2 is 1.64 bits per heavy atom. The zero-order valence-corrected chi connectivity index (χ0v) is 9.31. The quantitative estimate of drug-likeness (QED) is 0.317. The summed E-state index contributed by atoms with van der Waals surface area (Å²) in [5.41, 5.74) is 3.38. The van der Waals surface area contributed by atoms with E-state index >= 15 is 0 Å². The molecule has 1 heteroatoms. The van der Waals surface area contributed by atoms with Crippen molar-refractivity contribution in [3.05, 3.63) is 17.9 Å². The third-order valence-electron chi connectivity index (χ3n) is 2.38. The van der Waals surface area contributed by atoms with Crippen LogP contribution in [0.15, 0.2) is 17.9 Å². The van der Waals surface area contributed by atoms with Gasteiger partial charge in [-0.25, -0.2) is 0 Å². The minimum absolute atomic E-state index is 0.707. The minimum Gasteiger partial charge on any atom is -0.192 e. The second-order valence-corrected chi connectivity index (χ2v) is 3.64. The maximum atomic E-state index is 8.61. The fourth-order valence-electron chi connectivity index (χ4n) is 1.44. The molecule has 0 aromatic rings. The van der Waals surface area contributed by atoms with E-state index < -0.39 is 0 Å². The molecule has 0 aromatic carbocycles. The number of nitrogens with zero attached hydrogens (tertiary/aromatic N) is 1. The minimum atomic E-state index is 0.707. The highest BCUT2D eigenvalue weighted by Crippen LogP contribution is 2.10. The second kappa shape index (κ2) is 10.1. The molecule has 0 saturated carbocycles. The van der Waals surface area contributed by atoms with Gasteiger partial charge in [0.25, 0.3) is 0 Å². The van der Waals surface area contributed by atoms with Crippen LogP contribution in [0.3, 0.4) is 0 Å². The predicted molar refractivity (Wildman–Crippen MR) is 60.9 cm³/mol. The van der Waals surface area contributed by atoms with Gasteiger partial charge in [-0.15, -0.1) is 5.73 Å². The molecule has 0 aliphatic heterocycles. The molecule has 0 fully saturated rings. The van der Waals surface area contributed by atoms with Gasteiger partial charge in [-0.2, -0.15) is 5.26 Å². The Morgan fingerprint density at radius 1 is 1.07 bits per heavy atom. The summed E-state index contributed by atoms with van der Waals surface area (Å²) in [6.45, 7) is 5.72. The summed E-state index contributed by atoms with van der Waals surface area (Å²) in [6.07, 6.45) is 9.86. The topological polar surface area (TPSA) is 23.8 Å². The second-order valence-electron chi connectivity index (χ2n) is 3.64. The summed E-state index contributed by atoms with van der Waals surface area (Å²) < 4.78 is 0. The zero-order valence-electron chi connectivity index (χ0n) is 9.31. The number of rotatable bonds is 8. The lowest BCUT2D eigenvalue weighted by molar-refractivity contribution is 0.590. The van der Waals surface area contributed by atoms with Crippen LogP contribution in [0.25, 0.3) is 0 Å². The third kappa shape index (κ3) is 7.65. The molecule has 0 rings (SSSR count). The SMILES string of the molecule is C=C=C(C#N)CCCCCCCCC. The molecule has 0 spiro atoms. The van der Waals surface area contributed by atoms with E-state index in [2.05, 4.69) is 25.3 Å². The van der Waals surface area contributed by atoms with Crippen molar-refractivity contribution in [2.75, 3.05) is 0 Å². The molecule has 0 saturated heterocycles. The summed E-state index contributed by atoms with van der Waals surface area (Å²) >= 11 is 0. The van der Waals surface area contributed by atoms with Crippen molar-refractivity contribution in [1.29, 1.82) is 5.26 Å². The van der Waals surface area contributed by atoms with Crippen LogP contribution in [0, 0.1) is 11.3 Å². The number of hydrogen-bond acceptors (Lipinski definition) is 1.